The van der Waals surface area contributed by atoms with E-state index in [0.717, 1.165) is 33.4 Å². The van der Waals surface area contributed by atoms with Gasteiger partial charge in [-0.3, -0.25) is 0 Å². The van der Waals surface area contributed by atoms with E-state index in [1.807, 2.05) is 6.07 Å². The molecule has 0 radical (unpaired) electrons. The van der Waals surface area contributed by atoms with Crippen molar-refractivity contribution in [1.82, 2.24) is 0 Å². The first-order chi connectivity index (χ1) is 19.3. The quantitative estimate of drug-likeness (QED) is 0.162. The summed E-state index contributed by atoms with van der Waals surface area (Å²) in [5.74, 6) is 1.85. The number of hydrogen-bond acceptors (Lipinski definition) is 2. The molecular formula is C35H18N2O2+2. The monoisotopic (exact) mass is 498 g/mol. The summed E-state index contributed by atoms with van der Waals surface area (Å²) in [5.41, 5.74) is 7.41. The van der Waals surface area contributed by atoms with Gasteiger partial charge in [0.15, 0.2) is 23.5 Å². The Hall–Kier alpha value is -5.22. The van der Waals surface area contributed by atoms with Gasteiger partial charge in [-0.05, 0) is 70.8 Å². The fraction of sp³-hybridized carbons (Fsp3) is 0.0286. The second kappa shape index (κ2) is 5.92. The standard InChI is InChI=1S/C35H18N2O2/c1-2-11-27-19(7-1)25-17-23-20-13-14-29-33-31(20)34-21(24(23)18-30(25)38-27)9-6-16-37(34)35(33)32-22(8-5-12-28(32)39-29)26-10-3-4-15-36(26)35/h1-18H/q+2. The van der Waals surface area contributed by atoms with Crippen molar-refractivity contribution in [1.29, 1.82) is 0 Å². The van der Waals surface area contributed by atoms with Crippen LogP contribution in [0.15, 0.2) is 114 Å². The van der Waals surface area contributed by atoms with Gasteiger partial charge >= 0.3 is 5.66 Å². The molecule has 3 aliphatic heterocycles. The van der Waals surface area contributed by atoms with Crippen molar-refractivity contribution < 1.29 is 18.3 Å². The highest BCUT2D eigenvalue weighted by Crippen LogP contribution is 2.57. The molecular weight excluding hydrogens is 480 g/mol. The number of ether oxygens (including phenoxy) is 1. The molecule has 6 heterocycles. The van der Waals surface area contributed by atoms with Crippen LogP contribution in [-0.4, -0.2) is 0 Å². The fourth-order valence-corrected chi connectivity index (χ4v) is 7.93. The van der Waals surface area contributed by atoms with Crippen LogP contribution < -0.4 is 13.9 Å². The second-order valence-corrected chi connectivity index (χ2v) is 10.9. The molecule has 3 aliphatic rings. The highest BCUT2D eigenvalue weighted by molar-refractivity contribution is 6.28. The number of para-hydroxylation sites is 1. The third-order valence-corrected chi connectivity index (χ3v) is 9.27. The van der Waals surface area contributed by atoms with Crippen LogP contribution >= 0.6 is 0 Å². The van der Waals surface area contributed by atoms with Crippen LogP contribution in [0.1, 0.15) is 11.1 Å². The molecule has 39 heavy (non-hydrogen) atoms. The first-order valence-electron chi connectivity index (χ1n) is 13.4. The van der Waals surface area contributed by atoms with E-state index >= 15 is 0 Å². The Labute approximate surface area is 221 Å². The first-order valence-corrected chi connectivity index (χ1v) is 13.4. The third kappa shape index (κ3) is 1.84. The lowest BCUT2D eigenvalue weighted by atomic mass is 9.85. The summed E-state index contributed by atoms with van der Waals surface area (Å²) in [4.78, 5) is 0. The number of furan rings is 1. The number of rotatable bonds is 0. The van der Waals surface area contributed by atoms with Gasteiger partial charge in [0.1, 0.15) is 22.7 Å². The molecule has 4 nitrogen and oxygen atoms in total. The molecule has 0 N–H and O–H groups in total. The molecule has 8 aromatic rings. The first kappa shape index (κ1) is 18.9. The van der Waals surface area contributed by atoms with Gasteiger partial charge in [0.05, 0.1) is 16.3 Å². The van der Waals surface area contributed by atoms with Crippen LogP contribution in [0.4, 0.5) is 0 Å². The summed E-state index contributed by atoms with van der Waals surface area (Å²) in [6.45, 7) is 0. The molecule has 4 heteroatoms. The summed E-state index contributed by atoms with van der Waals surface area (Å²) in [7, 11) is 0. The molecule has 5 aromatic carbocycles. The molecule has 0 saturated carbocycles. The van der Waals surface area contributed by atoms with Crippen molar-refractivity contribution in [2.45, 2.75) is 5.66 Å². The van der Waals surface area contributed by atoms with Crippen molar-refractivity contribution in [3.05, 3.63) is 121 Å². The Morgan fingerprint density at radius 2 is 1.38 bits per heavy atom. The van der Waals surface area contributed by atoms with E-state index in [0.29, 0.717) is 0 Å². The van der Waals surface area contributed by atoms with Gasteiger partial charge in [-0.15, -0.1) is 9.13 Å². The van der Waals surface area contributed by atoms with Gasteiger partial charge in [0.25, 0.3) is 0 Å². The minimum absolute atomic E-state index is 0.541. The molecule has 0 bridgehead atoms. The zero-order chi connectivity index (χ0) is 25.0. The van der Waals surface area contributed by atoms with Crippen LogP contribution in [0.3, 0.4) is 0 Å². The third-order valence-electron chi connectivity index (χ3n) is 9.27. The smallest absolute Gasteiger partial charge is 0.425 e. The Balaban J connectivity index is 1.43. The predicted molar refractivity (Wildman–Crippen MR) is 150 cm³/mol. The summed E-state index contributed by atoms with van der Waals surface area (Å²) in [6.07, 6.45) is 4.47. The van der Waals surface area contributed by atoms with Crippen LogP contribution in [0, 0.1) is 0 Å². The number of hydrogen-bond donors (Lipinski definition) is 0. The van der Waals surface area contributed by atoms with Gasteiger partial charge in [-0.1, -0.05) is 24.3 Å². The van der Waals surface area contributed by atoms with Gasteiger partial charge in [-0.25, -0.2) is 0 Å². The second-order valence-electron chi connectivity index (χ2n) is 10.9. The van der Waals surface area contributed by atoms with Crippen molar-refractivity contribution in [3.8, 4) is 22.8 Å². The Bertz CT molecular complexity index is 2490. The van der Waals surface area contributed by atoms with Crippen LogP contribution in [-0.2, 0) is 5.66 Å². The van der Waals surface area contributed by atoms with E-state index in [1.54, 1.807) is 0 Å². The molecule has 0 aliphatic carbocycles. The average molecular weight is 499 g/mol. The predicted octanol–water partition coefficient (Wildman–Crippen LogP) is 7.32. The fourth-order valence-electron chi connectivity index (χ4n) is 7.93. The number of fused-ring (bicyclic) bond motifs is 8. The summed E-state index contributed by atoms with van der Waals surface area (Å²) >= 11 is 0. The van der Waals surface area contributed by atoms with Gasteiger partial charge in [0.2, 0.25) is 11.2 Å². The van der Waals surface area contributed by atoms with Crippen molar-refractivity contribution >= 4 is 54.4 Å². The zero-order valence-electron chi connectivity index (χ0n) is 20.6. The molecule has 178 valence electrons. The number of nitrogens with zero attached hydrogens (tertiary/aromatic N) is 2. The molecule has 11 rings (SSSR count). The molecule has 1 spiro atoms. The van der Waals surface area contributed by atoms with Crippen LogP contribution in [0.25, 0.3) is 65.6 Å². The maximum absolute atomic E-state index is 6.70. The lowest BCUT2D eigenvalue weighted by Crippen LogP contribution is -2.71. The van der Waals surface area contributed by atoms with Crippen LogP contribution in [0.5, 0.6) is 11.5 Å². The normalized spacial score (nSPS) is 17.5. The minimum atomic E-state index is -0.541. The van der Waals surface area contributed by atoms with E-state index in [1.165, 1.54) is 54.8 Å². The van der Waals surface area contributed by atoms with Gasteiger partial charge in [-0.2, -0.15) is 0 Å². The largest absolute Gasteiger partial charge is 0.456 e. The lowest BCUT2D eigenvalue weighted by molar-refractivity contribution is -0.950. The van der Waals surface area contributed by atoms with E-state index < -0.39 is 5.66 Å². The maximum atomic E-state index is 6.70. The number of aromatic nitrogens is 2. The Morgan fingerprint density at radius 1 is 0.538 bits per heavy atom. The molecule has 3 aromatic heterocycles. The molecule has 0 amide bonds. The van der Waals surface area contributed by atoms with Gasteiger partial charge in [0, 0.05) is 29.0 Å². The van der Waals surface area contributed by atoms with E-state index in [4.69, 9.17) is 9.15 Å². The summed E-state index contributed by atoms with van der Waals surface area (Å²) in [5, 5.41) is 8.49. The Morgan fingerprint density at radius 3 is 2.38 bits per heavy atom. The average Bonchev–Trinajstić information content (AvgIpc) is 3.61. The number of pyridine rings is 2. The van der Waals surface area contributed by atoms with Crippen molar-refractivity contribution in [2.24, 2.45) is 0 Å². The molecule has 1 atom stereocenters. The maximum Gasteiger partial charge on any atom is 0.425 e. The highest BCUT2D eigenvalue weighted by Gasteiger charge is 2.70. The van der Waals surface area contributed by atoms with E-state index in [-0.39, 0.29) is 0 Å². The number of benzene rings is 5. The Kier molecular flexibility index (Phi) is 2.87. The zero-order valence-corrected chi connectivity index (χ0v) is 20.6. The van der Waals surface area contributed by atoms with E-state index in [9.17, 15) is 0 Å². The molecule has 1 unspecified atom stereocenters. The highest BCUT2D eigenvalue weighted by atomic mass is 16.5. The van der Waals surface area contributed by atoms with Crippen LogP contribution in [0.2, 0.25) is 0 Å². The van der Waals surface area contributed by atoms with Crippen molar-refractivity contribution in [2.75, 3.05) is 0 Å². The van der Waals surface area contributed by atoms with Crippen molar-refractivity contribution in [3.63, 3.8) is 0 Å². The van der Waals surface area contributed by atoms with E-state index in [2.05, 4.69) is 113 Å². The minimum Gasteiger partial charge on any atom is -0.456 e. The molecule has 0 saturated heterocycles. The molecule has 0 fully saturated rings. The summed E-state index contributed by atoms with van der Waals surface area (Å²) < 4.78 is 18.0. The SMILES string of the molecule is c1cc2c3c(c1)-c1cccc[n+]1C31c3c(ccc4c5cc6c(cc5c5ccc[n+]1c5c34)oc1ccccc16)O2. The lowest BCUT2D eigenvalue weighted by Gasteiger charge is -2.25. The van der Waals surface area contributed by atoms with Gasteiger partial charge < -0.3 is 9.15 Å². The summed E-state index contributed by atoms with van der Waals surface area (Å²) in [6, 6.07) is 34.7. The topological polar surface area (TPSA) is 30.1 Å².